The molecule has 2 unspecified atom stereocenters. The SMILES string of the molecule is CC(CC(=O)N1CCC(C(=O)NC(C)C(C)C)CC1)c1ccc(C(F)(F)F)cc1. The second kappa shape index (κ2) is 9.63. The maximum atomic E-state index is 12.7. The lowest BCUT2D eigenvalue weighted by Crippen LogP contribution is -2.45. The van der Waals surface area contributed by atoms with Crippen molar-refractivity contribution >= 4 is 11.8 Å². The summed E-state index contributed by atoms with van der Waals surface area (Å²) >= 11 is 0. The Bertz CT molecular complexity index is 693. The molecule has 0 aliphatic carbocycles. The fraction of sp³-hybridized carbons (Fsp3) is 0.636. The average Bonchev–Trinajstić information content (AvgIpc) is 2.67. The first kappa shape index (κ1) is 23.2. The van der Waals surface area contributed by atoms with Crippen LogP contribution in [0, 0.1) is 11.8 Å². The Kier molecular flexibility index (Phi) is 7.72. The van der Waals surface area contributed by atoms with Gasteiger partial charge in [-0.1, -0.05) is 32.9 Å². The van der Waals surface area contributed by atoms with Crippen molar-refractivity contribution in [1.29, 1.82) is 0 Å². The summed E-state index contributed by atoms with van der Waals surface area (Å²) in [6, 6.07) is 5.10. The number of amides is 2. The number of carbonyl (C=O) groups excluding carboxylic acids is 2. The van der Waals surface area contributed by atoms with Crippen LogP contribution < -0.4 is 5.32 Å². The molecule has 2 amide bonds. The fourth-order valence-electron chi connectivity index (χ4n) is 3.41. The van der Waals surface area contributed by atoms with Crippen LogP contribution in [0.15, 0.2) is 24.3 Å². The molecule has 1 fully saturated rings. The molecule has 1 N–H and O–H groups in total. The molecule has 1 saturated heterocycles. The average molecular weight is 412 g/mol. The predicted octanol–water partition coefficient (Wildman–Crippen LogP) is 4.60. The van der Waals surface area contributed by atoms with Gasteiger partial charge in [-0.15, -0.1) is 0 Å². The van der Waals surface area contributed by atoms with Gasteiger partial charge >= 0.3 is 6.18 Å². The van der Waals surface area contributed by atoms with Crippen LogP contribution in [-0.4, -0.2) is 35.8 Å². The Labute approximate surface area is 170 Å². The van der Waals surface area contributed by atoms with Crippen molar-refractivity contribution in [1.82, 2.24) is 10.2 Å². The normalized spacial score (nSPS) is 17.9. The smallest absolute Gasteiger partial charge is 0.353 e. The minimum absolute atomic E-state index is 0.0215. The fourth-order valence-corrected chi connectivity index (χ4v) is 3.41. The lowest BCUT2D eigenvalue weighted by atomic mass is 9.93. The molecule has 2 atom stereocenters. The van der Waals surface area contributed by atoms with Crippen molar-refractivity contribution in [3.05, 3.63) is 35.4 Å². The number of hydrogen-bond donors (Lipinski definition) is 1. The van der Waals surface area contributed by atoms with E-state index in [9.17, 15) is 22.8 Å². The number of alkyl halides is 3. The third-order valence-corrected chi connectivity index (χ3v) is 5.88. The largest absolute Gasteiger partial charge is 0.416 e. The van der Waals surface area contributed by atoms with E-state index in [2.05, 4.69) is 19.2 Å². The van der Waals surface area contributed by atoms with Gasteiger partial charge in [-0.2, -0.15) is 13.2 Å². The summed E-state index contributed by atoms with van der Waals surface area (Å²) in [5, 5.41) is 3.04. The Morgan fingerprint density at radius 3 is 2.10 bits per heavy atom. The van der Waals surface area contributed by atoms with Crippen LogP contribution in [0.25, 0.3) is 0 Å². The lowest BCUT2D eigenvalue weighted by molar-refractivity contribution is -0.137. The summed E-state index contributed by atoms with van der Waals surface area (Å²) in [5.41, 5.74) is 0.0233. The van der Waals surface area contributed by atoms with Crippen LogP contribution in [0.3, 0.4) is 0 Å². The number of nitrogens with zero attached hydrogens (tertiary/aromatic N) is 1. The number of likely N-dealkylation sites (tertiary alicyclic amines) is 1. The quantitative estimate of drug-likeness (QED) is 0.743. The Morgan fingerprint density at radius 1 is 1.07 bits per heavy atom. The van der Waals surface area contributed by atoms with Crippen molar-refractivity contribution in [3.8, 4) is 0 Å². The third-order valence-electron chi connectivity index (χ3n) is 5.88. The summed E-state index contributed by atoms with van der Waals surface area (Å²) in [6.07, 6.45) is -2.85. The van der Waals surface area contributed by atoms with Crippen LogP contribution in [0.5, 0.6) is 0 Å². The highest BCUT2D eigenvalue weighted by molar-refractivity contribution is 5.80. The van der Waals surface area contributed by atoms with Gasteiger partial charge in [0.1, 0.15) is 0 Å². The van der Waals surface area contributed by atoms with E-state index >= 15 is 0 Å². The van der Waals surface area contributed by atoms with E-state index in [0.29, 0.717) is 37.4 Å². The summed E-state index contributed by atoms with van der Waals surface area (Å²) in [6.45, 7) is 9.02. The zero-order valence-electron chi connectivity index (χ0n) is 17.6. The first-order chi connectivity index (χ1) is 13.5. The molecule has 1 heterocycles. The lowest BCUT2D eigenvalue weighted by Gasteiger charge is -2.33. The molecule has 0 spiro atoms. The van der Waals surface area contributed by atoms with E-state index in [-0.39, 0.29) is 36.1 Å². The minimum Gasteiger partial charge on any atom is -0.353 e. The van der Waals surface area contributed by atoms with Gasteiger partial charge in [0.15, 0.2) is 0 Å². The summed E-state index contributed by atoms with van der Waals surface area (Å²) < 4.78 is 38.0. The highest BCUT2D eigenvalue weighted by Crippen LogP contribution is 2.31. The van der Waals surface area contributed by atoms with Crippen molar-refractivity contribution in [2.24, 2.45) is 11.8 Å². The highest BCUT2D eigenvalue weighted by Gasteiger charge is 2.31. The number of piperidine rings is 1. The van der Waals surface area contributed by atoms with Gasteiger partial charge in [0.25, 0.3) is 0 Å². The molecular formula is C22H31F3N2O2. The van der Waals surface area contributed by atoms with Gasteiger partial charge in [-0.25, -0.2) is 0 Å². The summed E-state index contributed by atoms with van der Waals surface area (Å²) in [5.74, 6) is 0.154. The van der Waals surface area contributed by atoms with E-state index in [0.717, 1.165) is 12.1 Å². The van der Waals surface area contributed by atoms with E-state index in [1.807, 2.05) is 13.8 Å². The second-order valence-corrected chi connectivity index (χ2v) is 8.42. The molecule has 0 saturated carbocycles. The topological polar surface area (TPSA) is 49.4 Å². The van der Waals surface area contributed by atoms with Crippen molar-refractivity contribution < 1.29 is 22.8 Å². The maximum Gasteiger partial charge on any atom is 0.416 e. The van der Waals surface area contributed by atoms with Gasteiger partial charge < -0.3 is 10.2 Å². The molecule has 1 aliphatic rings. The van der Waals surface area contributed by atoms with E-state index in [4.69, 9.17) is 0 Å². The number of rotatable bonds is 6. The molecule has 7 heteroatoms. The van der Waals surface area contributed by atoms with Crippen molar-refractivity contribution in [3.63, 3.8) is 0 Å². The Hall–Kier alpha value is -2.05. The zero-order chi connectivity index (χ0) is 21.8. The molecule has 1 aromatic carbocycles. The van der Waals surface area contributed by atoms with E-state index in [1.54, 1.807) is 4.90 Å². The molecule has 2 rings (SSSR count). The predicted molar refractivity (Wildman–Crippen MR) is 106 cm³/mol. The molecule has 1 aromatic rings. The standard InChI is InChI=1S/C22H31F3N2O2/c1-14(2)16(4)26-21(29)18-9-11-27(12-10-18)20(28)13-15(3)17-5-7-19(8-6-17)22(23,24)25/h5-8,14-16,18H,9-13H2,1-4H3,(H,26,29). The number of benzene rings is 1. The molecule has 0 radical (unpaired) electrons. The zero-order valence-corrected chi connectivity index (χ0v) is 17.6. The molecule has 162 valence electrons. The van der Waals surface area contributed by atoms with E-state index < -0.39 is 11.7 Å². The summed E-state index contributed by atoms with van der Waals surface area (Å²) in [7, 11) is 0. The van der Waals surface area contributed by atoms with Gasteiger partial charge in [0, 0.05) is 31.5 Å². The van der Waals surface area contributed by atoms with Crippen LogP contribution in [-0.2, 0) is 15.8 Å². The van der Waals surface area contributed by atoms with Gasteiger partial charge in [0.05, 0.1) is 5.56 Å². The molecule has 0 bridgehead atoms. The third kappa shape index (κ3) is 6.47. The Balaban J connectivity index is 1.84. The van der Waals surface area contributed by atoms with Crippen LogP contribution in [0.4, 0.5) is 13.2 Å². The van der Waals surface area contributed by atoms with Crippen LogP contribution in [0.1, 0.15) is 64.0 Å². The summed E-state index contributed by atoms with van der Waals surface area (Å²) in [4.78, 5) is 26.7. The highest BCUT2D eigenvalue weighted by atomic mass is 19.4. The first-order valence-electron chi connectivity index (χ1n) is 10.2. The maximum absolute atomic E-state index is 12.7. The number of carbonyl (C=O) groups is 2. The Morgan fingerprint density at radius 2 is 1.62 bits per heavy atom. The molecule has 1 aliphatic heterocycles. The van der Waals surface area contributed by atoms with Gasteiger partial charge in [-0.05, 0) is 49.3 Å². The van der Waals surface area contributed by atoms with Crippen LogP contribution >= 0.6 is 0 Å². The van der Waals surface area contributed by atoms with Crippen LogP contribution in [0.2, 0.25) is 0 Å². The molecule has 29 heavy (non-hydrogen) atoms. The monoisotopic (exact) mass is 412 g/mol. The minimum atomic E-state index is -4.36. The number of hydrogen-bond acceptors (Lipinski definition) is 2. The van der Waals surface area contributed by atoms with E-state index in [1.165, 1.54) is 12.1 Å². The molecule has 4 nitrogen and oxygen atoms in total. The number of nitrogens with one attached hydrogen (secondary N) is 1. The molecule has 0 aromatic heterocycles. The number of halogens is 3. The first-order valence-corrected chi connectivity index (χ1v) is 10.2. The van der Waals surface area contributed by atoms with Gasteiger partial charge in [0.2, 0.25) is 11.8 Å². The second-order valence-electron chi connectivity index (χ2n) is 8.42. The molecular weight excluding hydrogens is 381 g/mol. The van der Waals surface area contributed by atoms with Crippen molar-refractivity contribution in [2.75, 3.05) is 13.1 Å². The van der Waals surface area contributed by atoms with Crippen molar-refractivity contribution in [2.45, 2.75) is 65.1 Å². The van der Waals surface area contributed by atoms with Gasteiger partial charge in [-0.3, -0.25) is 9.59 Å².